The van der Waals surface area contributed by atoms with Crippen LogP contribution in [0, 0.1) is 0 Å². The molecule has 0 atom stereocenters. The van der Waals surface area contributed by atoms with Crippen LogP contribution in [0.25, 0.3) is 11.0 Å². The molecule has 0 bridgehead atoms. The summed E-state index contributed by atoms with van der Waals surface area (Å²) in [6.45, 7) is 0.324. The van der Waals surface area contributed by atoms with E-state index in [-0.39, 0.29) is 0 Å². The van der Waals surface area contributed by atoms with Crippen molar-refractivity contribution in [1.29, 1.82) is 0 Å². The fourth-order valence-corrected chi connectivity index (χ4v) is 1.96. The highest BCUT2D eigenvalue weighted by Gasteiger charge is 2.13. The predicted octanol–water partition coefficient (Wildman–Crippen LogP) is 3.42. The highest BCUT2D eigenvalue weighted by molar-refractivity contribution is 5.91. The largest absolute Gasteiger partial charge is 0.472 e. The number of amides is 2. The highest BCUT2D eigenvalue weighted by Crippen LogP contribution is 2.22. The van der Waals surface area contributed by atoms with E-state index in [1.807, 2.05) is 0 Å². The molecule has 0 saturated heterocycles. The average Bonchev–Trinajstić information content (AvgIpc) is 3.14. The fourth-order valence-electron chi connectivity index (χ4n) is 1.96. The van der Waals surface area contributed by atoms with Gasteiger partial charge in [0.25, 0.3) is 6.43 Å². The molecule has 0 aliphatic heterocycles. The molecule has 114 valence electrons. The van der Waals surface area contributed by atoms with Crippen LogP contribution < -0.4 is 10.6 Å². The molecule has 0 radical (unpaired) electrons. The number of nitrogens with one attached hydrogen (secondary N) is 3. The van der Waals surface area contributed by atoms with Crippen LogP contribution in [0.5, 0.6) is 0 Å². The van der Waals surface area contributed by atoms with E-state index < -0.39 is 18.3 Å². The summed E-state index contributed by atoms with van der Waals surface area (Å²) < 4.78 is 30.0. The van der Waals surface area contributed by atoms with Crippen molar-refractivity contribution in [3.05, 3.63) is 48.2 Å². The number of nitrogens with zero attached hydrogens (tertiary/aromatic N) is 1. The van der Waals surface area contributed by atoms with Gasteiger partial charge in [-0.2, -0.15) is 0 Å². The van der Waals surface area contributed by atoms with Crippen molar-refractivity contribution in [1.82, 2.24) is 15.3 Å². The van der Waals surface area contributed by atoms with Gasteiger partial charge >= 0.3 is 6.03 Å². The zero-order valence-corrected chi connectivity index (χ0v) is 11.3. The minimum absolute atomic E-state index is 0.324. The normalized spacial score (nSPS) is 11.0. The lowest BCUT2D eigenvalue weighted by atomic mass is 10.3. The standard InChI is InChI=1S/C14H12F2N4O2/c15-12(16)13-19-10-2-1-9(5-11(10)20-13)18-14(21)17-6-8-3-4-22-7-8/h1-5,7,12H,6H2,(H,19,20)(H2,17,18,21). The summed E-state index contributed by atoms with van der Waals surface area (Å²) in [6, 6.07) is 6.03. The molecule has 0 fully saturated rings. The van der Waals surface area contributed by atoms with Gasteiger partial charge in [0, 0.05) is 17.8 Å². The Bertz CT molecular complexity index is 783. The van der Waals surface area contributed by atoms with Gasteiger partial charge in [0.1, 0.15) is 0 Å². The Kier molecular flexibility index (Phi) is 3.73. The Morgan fingerprint density at radius 2 is 2.23 bits per heavy atom. The first kappa shape index (κ1) is 14.1. The SMILES string of the molecule is O=C(NCc1ccoc1)Nc1ccc2nc(C(F)F)[nH]c2c1. The number of anilines is 1. The molecule has 2 amide bonds. The number of aromatic amines is 1. The zero-order chi connectivity index (χ0) is 15.5. The van der Waals surface area contributed by atoms with Gasteiger partial charge in [-0.15, -0.1) is 0 Å². The van der Waals surface area contributed by atoms with Crippen LogP contribution in [0.1, 0.15) is 17.8 Å². The van der Waals surface area contributed by atoms with E-state index in [0.29, 0.717) is 23.3 Å². The summed E-state index contributed by atoms with van der Waals surface area (Å²) >= 11 is 0. The number of H-pyrrole nitrogens is 1. The number of furan rings is 1. The molecule has 0 saturated carbocycles. The number of hydrogen-bond donors (Lipinski definition) is 3. The summed E-state index contributed by atoms with van der Waals surface area (Å²) in [7, 11) is 0. The van der Waals surface area contributed by atoms with Gasteiger partial charge in [-0.25, -0.2) is 18.6 Å². The molecule has 3 N–H and O–H groups in total. The van der Waals surface area contributed by atoms with Crippen molar-refractivity contribution < 1.29 is 18.0 Å². The topological polar surface area (TPSA) is 82.9 Å². The molecule has 3 rings (SSSR count). The molecular weight excluding hydrogens is 294 g/mol. The summed E-state index contributed by atoms with van der Waals surface area (Å²) in [5, 5.41) is 5.27. The Morgan fingerprint density at radius 1 is 1.36 bits per heavy atom. The lowest BCUT2D eigenvalue weighted by Crippen LogP contribution is -2.27. The molecule has 0 spiro atoms. The molecular formula is C14H12F2N4O2. The third-order valence-corrected chi connectivity index (χ3v) is 3.00. The second-order valence-electron chi connectivity index (χ2n) is 4.59. The van der Waals surface area contributed by atoms with E-state index in [0.717, 1.165) is 5.56 Å². The summed E-state index contributed by atoms with van der Waals surface area (Å²) in [6.07, 6.45) is 0.381. The number of aromatic nitrogens is 2. The van der Waals surface area contributed by atoms with Gasteiger partial charge < -0.3 is 20.0 Å². The molecule has 0 unspecified atom stereocenters. The average molecular weight is 306 g/mol. The van der Waals surface area contributed by atoms with Crippen LogP contribution in [0.4, 0.5) is 19.3 Å². The first-order chi connectivity index (χ1) is 10.6. The van der Waals surface area contributed by atoms with Crippen molar-refractivity contribution >= 4 is 22.8 Å². The van der Waals surface area contributed by atoms with Crippen molar-refractivity contribution in [3.63, 3.8) is 0 Å². The van der Waals surface area contributed by atoms with E-state index in [1.165, 1.54) is 12.5 Å². The van der Waals surface area contributed by atoms with E-state index in [4.69, 9.17) is 4.42 Å². The van der Waals surface area contributed by atoms with E-state index in [1.54, 1.807) is 24.3 Å². The number of urea groups is 1. The first-order valence-electron chi connectivity index (χ1n) is 6.45. The van der Waals surface area contributed by atoms with Crippen LogP contribution in [0.15, 0.2) is 41.2 Å². The number of carbonyl (C=O) groups excluding carboxylic acids is 1. The van der Waals surface area contributed by atoms with Crippen LogP contribution in [0.3, 0.4) is 0 Å². The molecule has 0 aliphatic carbocycles. The number of fused-ring (bicyclic) bond motifs is 1. The van der Waals surface area contributed by atoms with Crippen LogP contribution in [0.2, 0.25) is 0 Å². The first-order valence-corrected chi connectivity index (χ1v) is 6.45. The van der Waals surface area contributed by atoms with Crippen LogP contribution in [-0.2, 0) is 6.54 Å². The van der Waals surface area contributed by atoms with Gasteiger partial charge in [-0.3, -0.25) is 0 Å². The van der Waals surface area contributed by atoms with Gasteiger partial charge in [0.05, 0.1) is 23.6 Å². The van der Waals surface area contributed by atoms with Crippen molar-refractivity contribution in [2.24, 2.45) is 0 Å². The molecule has 2 aromatic heterocycles. The maximum absolute atomic E-state index is 12.6. The smallest absolute Gasteiger partial charge is 0.319 e. The van der Waals surface area contributed by atoms with E-state index in [2.05, 4.69) is 20.6 Å². The predicted molar refractivity (Wildman–Crippen MR) is 75.6 cm³/mol. The minimum Gasteiger partial charge on any atom is -0.472 e. The number of benzene rings is 1. The van der Waals surface area contributed by atoms with E-state index in [9.17, 15) is 13.6 Å². The Labute approximate surface area is 123 Å². The summed E-state index contributed by atoms with van der Waals surface area (Å²) in [5.74, 6) is -0.392. The van der Waals surface area contributed by atoms with Crippen molar-refractivity contribution in [2.45, 2.75) is 13.0 Å². The number of alkyl halides is 2. The lowest BCUT2D eigenvalue weighted by Gasteiger charge is -2.06. The Balaban J connectivity index is 1.66. The summed E-state index contributed by atoms with van der Waals surface area (Å²) in [4.78, 5) is 18.0. The maximum Gasteiger partial charge on any atom is 0.319 e. The minimum atomic E-state index is -2.66. The Morgan fingerprint density at radius 3 is 2.95 bits per heavy atom. The number of imidazole rings is 1. The monoisotopic (exact) mass is 306 g/mol. The number of carbonyl (C=O) groups is 1. The third kappa shape index (κ3) is 3.05. The van der Waals surface area contributed by atoms with Gasteiger partial charge in [-0.05, 0) is 24.3 Å². The lowest BCUT2D eigenvalue weighted by molar-refractivity contribution is 0.142. The molecule has 3 aromatic rings. The molecule has 1 aromatic carbocycles. The number of rotatable bonds is 4. The maximum atomic E-state index is 12.6. The van der Waals surface area contributed by atoms with Gasteiger partial charge in [0.2, 0.25) is 0 Å². The van der Waals surface area contributed by atoms with Crippen LogP contribution in [-0.4, -0.2) is 16.0 Å². The fraction of sp³-hybridized carbons (Fsp3) is 0.143. The Hall–Kier alpha value is -2.90. The van der Waals surface area contributed by atoms with Gasteiger partial charge in [-0.1, -0.05) is 0 Å². The molecule has 2 heterocycles. The third-order valence-electron chi connectivity index (χ3n) is 3.00. The second-order valence-corrected chi connectivity index (χ2v) is 4.59. The number of hydrogen-bond acceptors (Lipinski definition) is 3. The number of halogens is 2. The van der Waals surface area contributed by atoms with Crippen molar-refractivity contribution in [2.75, 3.05) is 5.32 Å². The highest BCUT2D eigenvalue weighted by atomic mass is 19.3. The van der Waals surface area contributed by atoms with Crippen molar-refractivity contribution in [3.8, 4) is 0 Å². The quantitative estimate of drug-likeness (QED) is 0.690. The summed E-state index contributed by atoms with van der Waals surface area (Å²) in [5.41, 5.74) is 2.16. The molecule has 0 aliphatic rings. The van der Waals surface area contributed by atoms with E-state index >= 15 is 0 Å². The van der Waals surface area contributed by atoms with Crippen LogP contribution >= 0.6 is 0 Å². The van der Waals surface area contributed by atoms with Gasteiger partial charge in [0.15, 0.2) is 5.82 Å². The molecule has 22 heavy (non-hydrogen) atoms. The molecule has 6 nitrogen and oxygen atoms in total. The zero-order valence-electron chi connectivity index (χ0n) is 11.3. The molecule has 8 heteroatoms. The second kappa shape index (κ2) is 5.84.